The highest BCUT2D eigenvalue weighted by Gasteiger charge is 2.19. The highest BCUT2D eigenvalue weighted by molar-refractivity contribution is 6.31. The molecule has 0 spiro atoms. The molecule has 0 radical (unpaired) electrons. The van der Waals surface area contributed by atoms with Crippen LogP contribution in [-0.4, -0.2) is 15.7 Å². The molecule has 1 atom stereocenters. The van der Waals surface area contributed by atoms with Crippen LogP contribution in [0.15, 0.2) is 53.3 Å². The number of nitrogens with zero attached hydrogens (tertiary/aromatic N) is 2. The second kappa shape index (κ2) is 6.45. The fourth-order valence-corrected chi connectivity index (χ4v) is 2.76. The average molecular weight is 342 g/mol. The Morgan fingerprint density at radius 2 is 1.92 bits per heavy atom. The molecule has 1 amide bonds. The zero-order chi connectivity index (χ0) is 17.3. The van der Waals surface area contributed by atoms with Crippen molar-refractivity contribution in [1.29, 1.82) is 0 Å². The molecule has 3 aromatic rings. The second-order valence-corrected chi connectivity index (χ2v) is 6.01. The predicted octanol–water partition coefficient (Wildman–Crippen LogP) is 3.08. The number of fused-ring (bicyclic) bond motifs is 1. The van der Waals surface area contributed by atoms with Crippen LogP contribution in [0.5, 0.6) is 0 Å². The van der Waals surface area contributed by atoms with Gasteiger partial charge in [0.15, 0.2) is 5.69 Å². The van der Waals surface area contributed by atoms with Crippen molar-refractivity contribution in [3.8, 4) is 0 Å². The molecule has 0 bridgehead atoms. The van der Waals surface area contributed by atoms with E-state index in [1.165, 1.54) is 4.68 Å². The fraction of sp³-hybridized carbons (Fsp3) is 0.167. The third-order valence-corrected chi connectivity index (χ3v) is 4.11. The molecule has 0 aliphatic heterocycles. The topological polar surface area (TPSA) is 64.0 Å². The minimum atomic E-state index is -0.506. The summed E-state index contributed by atoms with van der Waals surface area (Å²) in [5, 5.41) is 7.75. The van der Waals surface area contributed by atoms with E-state index in [1.807, 2.05) is 37.3 Å². The Morgan fingerprint density at radius 1 is 1.21 bits per heavy atom. The first-order chi connectivity index (χ1) is 11.5. The molecule has 1 N–H and O–H groups in total. The van der Waals surface area contributed by atoms with E-state index >= 15 is 0 Å². The fourth-order valence-electron chi connectivity index (χ4n) is 2.59. The van der Waals surface area contributed by atoms with Crippen LogP contribution in [0.2, 0.25) is 5.02 Å². The van der Waals surface area contributed by atoms with Crippen LogP contribution in [-0.2, 0) is 7.05 Å². The SMILES string of the molecule is CC(NC(=O)c1nn(C)c2ccc(Cl)cc2c1=O)c1ccccc1. The first-order valence-corrected chi connectivity index (χ1v) is 7.87. The Hall–Kier alpha value is -2.66. The lowest BCUT2D eigenvalue weighted by atomic mass is 10.1. The van der Waals surface area contributed by atoms with Crippen LogP contribution < -0.4 is 10.7 Å². The maximum Gasteiger partial charge on any atom is 0.276 e. The Balaban J connectivity index is 1.98. The Morgan fingerprint density at radius 3 is 2.62 bits per heavy atom. The minimum absolute atomic E-state index is 0.143. The van der Waals surface area contributed by atoms with Gasteiger partial charge in [-0.1, -0.05) is 41.9 Å². The molecule has 1 unspecified atom stereocenters. The number of hydrogen-bond acceptors (Lipinski definition) is 3. The van der Waals surface area contributed by atoms with Gasteiger partial charge in [0.25, 0.3) is 5.91 Å². The Bertz CT molecular complexity index is 967. The van der Waals surface area contributed by atoms with Gasteiger partial charge in [-0.3, -0.25) is 14.3 Å². The van der Waals surface area contributed by atoms with E-state index < -0.39 is 11.3 Å². The molecule has 6 heteroatoms. The van der Waals surface area contributed by atoms with Crippen LogP contribution in [0.25, 0.3) is 10.9 Å². The van der Waals surface area contributed by atoms with Crippen molar-refractivity contribution in [3.63, 3.8) is 0 Å². The number of nitrogens with one attached hydrogen (secondary N) is 1. The van der Waals surface area contributed by atoms with E-state index in [-0.39, 0.29) is 11.7 Å². The number of hydrogen-bond donors (Lipinski definition) is 1. The molecule has 0 aliphatic carbocycles. The smallest absolute Gasteiger partial charge is 0.276 e. The first kappa shape index (κ1) is 16.2. The third-order valence-electron chi connectivity index (χ3n) is 3.88. The largest absolute Gasteiger partial charge is 0.344 e. The van der Waals surface area contributed by atoms with Gasteiger partial charge in [-0.2, -0.15) is 5.10 Å². The molecular formula is C18H16ClN3O2. The van der Waals surface area contributed by atoms with Crippen LogP contribution >= 0.6 is 11.6 Å². The van der Waals surface area contributed by atoms with Crippen molar-refractivity contribution in [2.75, 3.05) is 0 Å². The molecule has 24 heavy (non-hydrogen) atoms. The van der Waals surface area contributed by atoms with Crippen LogP contribution in [0.4, 0.5) is 0 Å². The summed E-state index contributed by atoms with van der Waals surface area (Å²) in [6.45, 7) is 1.86. The van der Waals surface area contributed by atoms with E-state index in [4.69, 9.17) is 11.6 Å². The summed E-state index contributed by atoms with van der Waals surface area (Å²) in [7, 11) is 1.69. The zero-order valence-electron chi connectivity index (χ0n) is 13.3. The van der Waals surface area contributed by atoms with Crippen molar-refractivity contribution in [2.24, 2.45) is 7.05 Å². The average Bonchev–Trinajstić information content (AvgIpc) is 2.58. The first-order valence-electron chi connectivity index (χ1n) is 7.50. The van der Waals surface area contributed by atoms with Crippen molar-refractivity contribution in [3.05, 3.63) is 75.0 Å². The van der Waals surface area contributed by atoms with Gasteiger partial charge in [0.2, 0.25) is 5.43 Å². The number of benzene rings is 2. The van der Waals surface area contributed by atoms with Crippen molar-refractivity contribution < 1.29 is 4.79 Å². The molecule has 0 fully saturated rings. The summed E-state index contributed by atoms with van der Waals surface area (Å²) in [6.07, 6.45) is 0. The number of amides is 1. The summed E-state index contributed by atoms with van der Waals surface area (Å²) in [4.78, 5) is 25.1. The predicted molar refractivity (Wildman–Crippen MR) is 94.3 cm³/mol. The summed E-state index contributed by atoms with van der Waals surface area (Å²) >= 11 is 5.97. The zero-order valence-corrected chi connectivity index (χ0v) is 14.0. The lowest BCUT2D eigenvalue weighted by Gasteiger charge is -2.14. The number of aryl methyl sites for hydroxylation is 1. The number of carbonyl (C=O) groups excluding carboxylic acids is 1. The lowest BCUT2D eigenvalue weighted by Crippen LogP contribution is -2.33. The van der Waals surface area contributed by atoms with E-state index in [0.29, 0.717) is 15.9 Å². The quantitative estimate of drug-likeness (QED) is 0.796. The minimum Gasteiger partial charge on any atom is -0.344 e. The number of carbonyl (C=O) groups is 1. The lowest BCUT2D eigenvalue weighted by molar-refractivity contribution is 0.0932. The summed E-state index contributed by atoms with van der Waals surface area (Å²) in [6, 6.07) is 14.2. The van der Waals surface area contributed by atoms with Crippen LogP contribution in [0, 0.1) is 0 Å². The molecule has 0 saturated carbocycles. The van der Waals surface area contributed by atoms with Gasteiger partial charge < -0.3 is 5.32 Å². The number of aromatic nitrogens is 2. The molecule has 1 aromatic heterocycles. The highest BCUT2D eigenvalue weighted by Crippen LogP contribution is 2.16. The summed E-state index contributed by atoms with van der Waals surface area (Å²) in [5.41, 5.74) is 1.00. The third kappa shape index (κ3) is 3.03. The van der Waals surface area contributed by atoms with Crippen molar-refractivity contribution in [2.45, 2.75) is 13.0 Å². The highest BCUT2D eigenvalue weighted by atomic mass is 35.5. The van der Waals surface area contributed by atoms with Gasteiger partial charge in [0.1, 0.15) is 0 Å². The monoisotopic (exact) mass is 341 g/mol. The molecule has 3 rings (SSSR count). The molecule has 0 aliphatic rings. The van der Waals surface area contributed by atoms with E-state index in [0.717, 1.165) is 5.56 Å². The van der Waals surface area contributed by atoms with E-state index in [1.54, 1.807) is 25.2 Å². The summed E-state index contributed by atoms with van der Waals surface area (Å²) < 4.78 is 1.51. The summed E-state index contributed by atoms with van der Waals surface area (Å²) in [5.74, 6) is -0.506. The normalized spacial score (nSPS) is 12.1. The molecule has 2 aromatic carbocycles. The molecular weight excluding hydrogens is 326 g/mol. The second-order valence-electron chi connectivity index (χ2n) is 5.57. The molecule has 0 saturated heterocycles. The molecule has 1 heterocycles. The van der Waals surface area contributed by atoms with Crippen molar-refractivity contribution >= 4 is 28.4 Å². The Kier molecular flexibility index (Phi) is 4.36. The van der Waals surface area contributed by atoms with E-state index in [2.05, 4.69) is 10.4 Å². The Labute approximate surface area is 143 Å². The van der Waals surface area contributed by atoms with Crippen molar-refractivity contribution in [1.82, 2.24) is 15.1 Å². The van der Waals surface area contributed by atoms with Gasteiger partial charge in [-0.25, -0.2) is 0 Å². The van der Waals surface area contributed by atoms with Crippen LogP contribution in [0.1, 0.15) is 29.0 Å². The van der Waals surface area contributed by atoms with Gasteiger partial charge in [0.05, 0.1) is 16.9 Å². The van der Waals surface area contributed by atoms with Gasteiger partial charge in [-0.05, 0) is 30.7 Å². The van der Waals surface area contributed by atoms with E-state index in [9.17, 15) is 9.59 Å². The molecule has 122 valence electrons. The maximum absolute atomic E-state index is 12.6. The standard InChI is InChI=1S/C18H16ClN3O2/c1-11(12-6-4-3-5-7-12)20-18(24)16-17(23)14-10-13(19)8-9-15(14)22(2)21-16/h3-11H,1-2H3,(H,20,24). The van der Waals surface area contributed by atoms with Gasteiger partial charge >= 0.3 is 0 Å². The maximum atomic E-state index is 12.6. The van der Waals surface area contributed by atoms with Crippen LogP contribution in [0.3, 0.4) is 0 Å². The van der Waals surface area contributed by atoms with Gasteiger partial charge in [-0.15, -0.1) is 0 Å². The number of rotatable bonds is 3. The van der Waals surface area contributed by atoms with Gasteiger partial charge in [0, 0.05) is 12.1 Å². The molecule has 5 nitrogen and oxygen atoms in total. The number of halogens is 1.